The van der Waals surface area contributed by atoms with Crippen LogP contribution in [0, 0.1) is 34.0 Å². The third-order valence-corrected chi connectivity index (χ3v) is 13.9. The fourth-order valence-electron chi connectivity index (χ4n) is 7.62. The largest absolute Gasteiger partial charge is 1.00 e. The first-order chi connectivity index (χ1) is 36.3. The number of piperidine rings is 2. The number of aromatic nitrogens is 9. The number of halogens is 3. The molecule has 2 aliphatic rings. The molecule has 7 aromatic rings. The van der Waals surface area contributed by atoms with Crippen molar-refractivity contribution in [1.82, 2.24) is 54.7 Å². The van der Waals surface area contributed by atoms with Crippen molar-refractivity contribution in [2.75, 3.05) is 31.9 Å². The Morgan fingerprint density at radius 2 is 1.05 bits per heavy atom. The van der Waals surface area contributed by atoms with Crippen LogP contribution in [0.4, 0.5) is 0 Å². The first-order valence-electron chi connectivity index (χ1n) is 22.8. The van der Waals surface area contributed by atoms with E-state index in [1.54, 1.807) is 72.6 Å². The molecule has 2 saturated heterocycles. The van der Waals surface area contributed by atoms with Crippen LogP contribution in [0.5, 0.6) is 5.88 Å². The van der Waals surface area contributed by atoms with Crippen LogP contribution in [0.1, 0.15) is 76.9 Å². The molecule has 76 heavy (non-hydrogen) atoms. The molecular formula is C51H50Cl3N14NaO4S3. The molecule has 4 atom stereocenters. The van der Waals surface area contributed by atoms with Crippen molar-refractivity contribution in [3.63, 3.8) is 0 Å². The maximum Gasteiger partial charge on any atom is 1.00 e. The molecule has 2 amide bonds. The Morgan fingerprint density at radius 3 is 1.51 bits per heavy atom. The molecule has 9 rings (SSSR count). The molecule has 2 aliphatic heterocycles. The van der Waals surface area contributed by atoms with E-state index in [-0.39, 0.29) is 75.4 Å². The van der Waals surface area contributed by atoms with E-state index in [9.17, 15) is 20.0 Å². The Bertz CT molecular complexity index is 3110. The number of ether oxygens (including phenoxy) is 1. The van der Waals surface area contributed by atoms with Crippen molar-refractivity contribution in [1.29, 1.82) is 15.8 Å². The van der Waals surface area contributed by atoms with Gasteiger partial charge in [0.25, 0.3) is 11.8 Å². The van der Waals surface area contributed by atoms with Crippen LogP contribution >= 0.6 is 58.3 Å². The Hall–Kier alpha value is -5.74. The summed E-state index contributed by atoms with van der Waals surface area (Å²) < 4.78 is 6.12. The Kier molecular flexibility index (Phi) is 26.5. The molecule has 0 radical (unpaired) electrons. The van der Waals surface area contributed by atoms with E-state index in [1.807, 2.05) is 79.8 Å². The summed E-state index contributed by atoms with van der Waals surface area (Å²) in [5.74, 6) is 0.136. The van der Waals surface area contributed by atoms with E-state index < -0.39 is 6.10 Å². The van der Waals surface area contributed by atoms with E-state index in [2.05, 4.69) is 54.0 Å². The smallest absolute Gasteiger partial charge is 0.796 e. The van der Waals surface area contributed by atoms with Crippen molar-refractivity contribution < 1.29 is 49.0 Å². The van der Waals surface area contributed by atoms with E-state index in [0.29, 0.717) is 57.6 Å². The number of benzene rings is 2. The van der Waals surface area contributed by atoms with Gasteiger partial charge in [-0.2, -0.15) is 52.0 Å². The zero-order chi connectivity index (χ0) is 54.4. The van der Waals surface area contributed by atoms with Gasteiger partial charge in [-0.3, -0.25) is 9.59 Å². The van der Waals surface area contributed by atoms with Crippen molar-refractivity contribution >= 4 is 82.8 Å². The normalized spacial score (nSPS) is 16.2. The number of thioether (sulfide) groups is 2. The van der Waals surface area contributed by atoms with Gasteiger partial charge < -0.3 is 32.3 Å². The minimum absolute atomic E-state index is 0. The summed E-state index contributed by atoms with van der Waals surface area (Å²) in [7, 11) is 0. The molecule has 5 aromatic heterocycles. The maximum atomic E-state index is 13.5. The fraction of sp³-hybridized carbons (Fsp3) is 0.294. The molecule has 388 valence electrons. The Balaban J connectivity index is 0.000000238. The van der Waals surface area contributed by atoms with Crippen LogP contribution in [0.2, 0.25) is 15.3 Å². The quantitative estimate of drug-likeness (QED) is 0.0756. The molecule has 25 heteroatoms. The molecule has 0 unspecified atom stereocenters. The van der Waals surface area contributed by atoms with Crippen LogP contribution < -0.4 is 34.3 Å². The van der Waals surface area contributed by atoms with E-state index in [4.69, 9.17) is 50.1 Å². The summed E-state index contributed by atoms with van der Waals surface area (Å²) in [6, 6.07) is 25.9. The molecule has 7 heterocycles. The monoisotopic (exact) mass is 1150 g/mol. The van der Waals surface area contributed by atoms with Gasteiger partial charge in [0, 0.05) is 47.0 Å². The first-order valence-corrected chi connectivity index (χ1v) is 27.2. The van der Waals surface area contributed by atoms with E-state index >= 15 is 0 Å². The predicted octanol–water partition coefficient (Wildman–Crippen LogP) is 6.34. The number of nitrogens with zero attached hydrogens (tertiary/aromatic N) is 14. The number of amides is 2. The van der Waals surface area contributed by atoms with Crippen LogP contribution in [-0.2, 0) is 12.6 Å². The summed E-state index contributed by atoms with van der Waals surface area (Å²) in [5.41, 5.74) is 3.49. The number of β-amino-alcohol motifs (C(OH)–C–C–N with tert-alkyl or cyclic N) is 1. The van der Waals surface area contributed by atoms with Crippen molar-refractivity contribution in [2.45, 2.75) is 73.6 Å². The number of carbonyl (C=O) groups excluding carboxylic acids is 2. The van der Waals surface area contributed by atoms with Gasteiger partial charge in [-0.15, -0.1) is 23.5 Å². The standard InChI is InChI=1S/C22H22N6O2S.C15H18N4O2.C7H5ClN2S.C6H2Cl2N2.CH4S.Na/c1-15-7-8-16(30-21-18(13-23)20(31-2)9-10-24-21)14-27(15)22(29)17-5-3-4-6-19(17)28-25-11-12-26-28;1-11-6-7-12(20)10-18(11)15(21)13-4-2-3-5-14(13)19-16-8-9-17-19;1-11-6-2-3-10-7(8)5(6)4-9;7-5-1-2-10-6(8)4(5)3-9;1-2;/h3-6,9-12,15-16H,7-8,14H2,1-2H3;2-5,8-9,11-12,20H,6-7,10H2,1H3;2-3H,1H3;1-2H;2H,1H3;/q;;;;;+1/p-1/t15-,16-;11-,12-;;;;/m11..../s1. The Morgan fingerprint density at radius 1 is 0.618 bits per heavy atom. The minimum Gasteiger partial charge on any atom is -0.796 e. The number of rotatable bonds is 8. The van der Waals surface area contributed by atoms with Crippen molar-refractivity contribution in [3.05, 3.63) is 153 Å². The topological polar surface area (TPSA) is 242 Å². The summed E-state index contributed by atoms with van der Waals surface area (Å²) in [5, 5.41) is 53.7. The SMILES string of the molecule is CSc1ccnc(Cl)c1C#N.CSc1ccnc(O[C@@H]2CC[C@@H](C)N(C(=O)c3ccccc3-n3nccn3)C2)c1C#N.C[C@@H]1CC[C@@H](O)CN1C(=O)c1ccccc1-n1nccn1.C[S-].N#Cc1c(Cl)ccnc1Cl.[Na+]. The van der Waals surface area contributed by atoms with Crippen LogP contribution in [0.15, 0.2) is 120 Å². The average Bonchev–Trinajstić information content (AvgIpc) is 4.20. The molecular weight excluding hydrogens is 1100 g/mol. The second kappa shape index (κ2) is 32.1. The summed E-state index contributed by atoms with van der Waals surface area (Å²) in [6.07, 6.45) is 18.8. The number of carbonyl (C=O) groups is 2. The molecule has 2 aromatic carbocycles. The summed E-state index contributed by atoms with van der Waals surface area (Å²) >= 11 is 23.8. The zero-order valence-corrected chi connectivity index (χ0v) is 49.0. The molecule has 18 nitrogen and oxygen atoms in total. The zero-order valence-electron chi connectivity index (χ0n) is 42.2. The van der Waals surface area contributed by atoms with E-state index in [0.717, 1.165) is 35.5 Å². The van der Waals surface area contributed by atoms with Crippen LogP contribution in [0.25, 0.3) is 11.4 Å². The van der Waals surface area contributed by atoms with Gasteiger partial charge >= 0.3 is 29.6 Å². The van der Waals surface area contributed by atoms with Gasteiger partial charge in [-0.25, -0.2) is 15.0 Å². The van der Waals surface area contributed by atoms with E-state index in [1.165, 1.54) is 45.4 Å². The number of aliphatic hydroxyl groups is 1. The van der Waals surface area contributed by atoms with Gasteiger partial charge in [0.1, 0.15) is 51.3 Å². The van der Waals surface area contributed by atoms with Crippen molar-refractivity contribution in [3.8, 4) is 35.5 Å². The van der Waals surface area contributed by atoms with Gasteiger partial charge in [0.15, 0.2) is 0 Å². The fourth-order valence-corrected chi connectivity index (χ4v) is 9.39. The third kappa shape index (κ3) is 16.6. The molecule has 0 saturated carbocycles. The number of nitriles is 3. The van der Waals surface area contributed by atoms with Crippen LogP contribution in [0.3, 0.4) is 0 Å². The maximum absolute atomic E-state index is 13.5. The minimum atomic E-state index is -0.444. The summed E-state index contributed by atoms with van der Waals surface area (Å²) in [4.78, 5) is 46.2. The number of pyridine rings is 3. The molecule has 0 aliphatic carbocycles. The first kappa shape index (κ1) is 62.8. The third-order valence-electron chi connectivity index (χ3n) is 11.4. The number of likely N-dealkylation sites (tertiary alicyclic amines) is 2. The molecule has 0 spiro atoms. The second-order valence-corrected chi connectivity index (χ2v) is 18.8. The average molecular weight is 1150 g/mol. The van der Waals surface area contributed by atoms with Crippen LogP contribution in [-0.4, -0.2) is 128 Å². The van der Waals surface area contributed by atoms with Gasteiger partial charge in [-0.1, -0.05) is 59.1 Å². The molecule has 0 bridgehead atoms. The number of para-hydroxylation sites is 2. The van der Waals surface area contributed by atoms with Gasteiger partial charge in [0.2, 0.25) is 5.88 Å². The Labute approximate surface area is 492 Å². The number of hydrogen-bond donors (Lipinski definition) is 1. The number of hydrogen-bond acceptors (Lipinski definition) is 17. The van der Waals surface area contributed by atoms with Gasteiger partial charge in [0.05, 0.1) is 65.0 Å². The predicted molar refractivity (Wildman–Crippen MR) is 291 cm³/mol. The molecule has 1 N–H and O–H groups in total. The summed E-state index contributed by atoms with van der Waals surface area (Å²) in [6.45, 7) is 4.84. The van der Waals surface area contributed by atoms with Gasteiger partial charge in [-0.05, 0) is 94.5 Å². The number of aliphatic hydroxyl groups excluding tert-OH is 1. The van der Waals surface area contributed by atoms with Crippen molar-refractivity contribution in [2.24, 2.45) is 0 Å². The molecule has 2 fully saturated rings. The second-order valence-electron chi connectivity index (χ2n) is 16.0.